The summed E-state index contributed by atoms with van der Waals surface area (Å²) in [6.07, 6.45) is 0. The monoisotopic (exact) mass is 293 g/mol. The normalized spacial score (nSPS) is 10.2. The highest BCUT2D eigenvalue weighted by molar-refractivity contribution is 6.34. The molecule has 6 heteroatoms. The molecule has 2 aromatic rings. The molecule has 0 fully saturated rings. The van der Waals surface area contributed by atoms with Crippen molar-refractivity contribution in [2.24, 2.45) is 0 Å². The Balaban J connectivity index is 2.30. The predicted octanol–water partition coefficient (Wildman–Crippen LogP) is 3.48. The standard InChI is InChI=1S/C14H13ClFN3O/c1-8-10(16)4-3-5-11(8)18-14(20)13-9(15)6-7-12(17-2)19-13/h3-7H,1-2H3,(H,17,19)(H,18,20). The van der Waals surface area contributed by atoms with Gasteiger partial charge in [0.25, 0.3) is 5.91 Å². The highest BCUT2D eigenvalue weighted by Gasteiger charge is 2.15. The zero-order chi connectivity index (χ0) is 14.7. The van der Waals surface area contributed by atoms with E-state index < -0.39 is 5.91 Å². The van der Waals surface area contributed by atoms with Crippen LogP contribution in [0.2, 0.25) is 5.02 Å². The number of anilines is 2. The first-order valence-electron chi connectivity index (χ1n) is 5.93. The number of hydrogen-bond acceptors (Lipinski definition) is 3. The molecule has 0 saturated heterocycles. The summed E-state index contributed by atoms with van der Waals surface area (Å²) in [7, 11) is 1.69. The molecule has 1 aromatic carbocycles. The van der Waals surface area contributed by atoms with Crippen molar-refractivity contribution in [2.75, 3.05) is 17.7 Å². The Kier molecular flexibility index (Phi) is 4.20. The van der Waals surface area contributed by atoms with Gasteiger partial charge in [0.2, 0.25) is 0 Å². The Labute approximate surface area is 121 Å². The van der Waals surface area contributed by atoms with Crippen molar-refractivity contribution in [2.45, 2.75) is 6.92 Å². The van der Waals surface area contributed by atoms with Crippen molar-refractivity contribution in [1.29, 1.82) is 0 Å². The first kappa shape index (κ1) is 14.3. The fourth-order valence-electron chi connectivity index (χ4n) is 1.67. The van der Waals surface area contributed by atoms with Gasteiger partial charge in [-0.15, -0.1) is 0 Å². The summed E-state index contributed by atoms with van der Waals surface area (Å²) >= 11 is 5.96. The summed E-state index contributed by atoms with van der Waals surface area (Å²) in [6.45, 7) is 1.59. The van der Waals surface area contributed by atoms with Crippen LogP contribution in [0.15, 0.2) is 30.3 Å². The van der Waals surface area contributed by atoms with Crippen LogP contribution in [-0.4, -0.2) is 17.9 Å². The molecule has 20 heavy (non-hydrogen) atoms. The van der Waals surface area contributed by atoms with E-state index in [1.165, 1.54) is 12.1 Å². The lowest BCUT2D eigenvalue weighted by Gasteiger charge is -2.10. The second-order valence-corrected chi connectivity index (χ2v) is 4.55. The maximum atomic E-state index is 13.4. The van der Waals surface area contributed by atoms with E-state index in [1.54, 1.807) is 32.2 Å². The van der Waals surface area contributed by atoms with Gasteiger partial charge in [-0.2, -0.15) is 0 Å². The molecule has 0 aliphatic heterocycles. The second-order valence-electron chi connectivity index (χ2n) is 4.14. The number of amides is 1. The minimum atomic E-state index is -0.485. The summed E-state index contributed by atoms with van der Waals surface area (Å²) < 4.78 is 13.4. The van der Waals surface area contributed by atoms with Crippen molar-refractivity contribution >= 4 is 29.0 Å². The highest BCUT2D eigenvalue weighted by Crippen LogP contribution is 2.21. The van der Waals surface area contributed by atoms with Gasteiger partial charge in [-0.25, -0.2) is 9.37 Å². The molecule has 0 spiro atoms. The number of nitrogens with one attached hydrogen (secondary N) is 2. The molecule has 0 unspecified atom stereocenters. The van der Waals surface area contributed by atoms with Gasteiger partial charge in [0.1, 0.15) is 17.3 Å². The van der Waals surface area contributed by atoms with Crippen LogP contribution in [-0.2, 0) is 0 Å². The van der Waals surface area contributed by atoms with Crippen molar-refractivity contribution in [3.63, 3.8) is 0 Å². The fourth-order valence-corrected chi connectivity index (χ4v) is 1.86. The predicted molar refractivity (Wildman–Crippen MR) is 77.9 cm³/mol. The van der Waals surface area contributed by atoms with Crippen molar-refractivity contribution in [3.8, 4) is 0 Å². The molecule has 0 radical (unpaired) electrons. The second kappa shape index (κ2) is 5.88. The lowest BCUT2D eigenvalue weighted by Crippen LogP contribution is -2.16. The third-order valence-corrected chi connectivity index (χ3v) is 3.14. The van der Waals surface area contributed by atoms with Crippen LogP contribution in [0.5, 0.6) is 0 Å². The number of nitrogens with zero attached hydrogens (tertiary/aromatic N) is 1. The van der Waals surface area contributed by atoms with Crippen LogP contribution in [0.4, 0.5) is 15.9 Å². The molecule has 0 aliphatic rings. The summed E-state index contributed by atoms with van der Waals surface area (Å²) in [5, 5.41) is 5.66. The summed E-state index contributed by atoms with van der Waals surface area (Å²) in [6, 6.07) is 7.71. The zero-order valence-electron chi connectivity index (χ0n) is 11.0. The van der Waals surface area contributed by atoms with E-state index >= 15 is 0 Å². The van der Waals surface area contributed by atoms with Gasteiger partial charge >= 0.3 is 0 Å². The molecule has 0 saturated carbocycles. The largest absolute Gasteiger partial charge is 0.373 e. The molecule has 2 rings (SSSR count). The van der Waals surface area contributed by atoms with Crippen molar-refractivity contribution in [3.05, 3.63) is 52.4 Å². The van der Waals surface area contributed by atoms with Crippen LogP contribution in [0.3, 0.4) is 0 Å². The highest BCUT2D eigenvalue weighted by atomic mass is 35.5. The molecule has 0 atom stereocenters. The van der Waals surface area contributed by atoms with Gasteiger partial charge in [-0.3, -0.25) is 4.79 Å². The Morgan fingerprint density at radius 3 is 2.75 bits per heavy atom. The summed E-state index contributed by atoms with van der Waals surface area (Å²) in [5.74, 6) is -0.345. The van der Waals surface area contributed by atoms with Crippen LogP contribution in [0.1, 0.15) is 16.1 Å². The zero-order valence-corrected chi connectivity index (χ0v) is 11.8. The maximum Gasteiger partial charge on any atom is 0.275 e. The topological polar surface area (TPSA) is 54.0 Å². The Hall–Kier alpha value is -2.14. The molecule has 0 aliphatic carbocycles. The van der Waals surface area contributed by atoms with Crippen molar-refractivity contribution in [1.82, 2.24) is 4.98 Å². The quantitative estimate of drug-likeness (QED) is 0.911. The first-order chi connectivity index (χ1) is 9.52. The van der Waals surface area contributed by atoms with Gasteiger partial charge in [0.15, 0.2) is 0 Å². The average molecular weight is 294 g/mol. The van der Waals surface area contributed by atoms with Gasteiger partial charge in [0, 0.05) is 18.3 Å². The van der Waals surface area contributed by atoms with E-state index in [1.807, 2.05) is 0 Å². The van der Waals surface area contributed by atoms with Crippen LogP contribution in [0.25, 0.3) is 0 Å². The SMILES string of the molecule is CNc1ccc(Cl)c(C(=O)Nc2cccc(F)c2C)n1. The van der Waals surface area contributed by atoms with E-state index in [-0.39, 0.29) is 16.5 Å². The number of pyridine rings is 1. The molecule has 1 heterocycles. The molecule has 1 aromatic heterocycles. The molecule has 2 N–H and O–H groups in total. The van der Waals surface area contributed by atoms with E-state index in [4.69, 9.17) is 11.6 Å². The van der Waals surface area contributed by atoms with Crippen molar-refractivity contribution < 1.29 is 9.18 Å². The van der Waals surface area contributed by atoms with Gasteiger partial charge in [-0.05, 0) is 31.2 Å². The van der Waals surface area contributed by atoms with E-state index in [9.17, 15) is 9.18 Å². The summed E-state index contributed by atoms with van der Waals surface area (Å²) in [5.41, 5.74) is 0.839. The lowest BCUT2D eigenvalue weighted by molar-refractivity contribution is 0.102. The lowest BCUT2D eigenvalue weighted by atomic mass is 10.2. The van der Waals surface area contributed by atoms with Crippen LogP contribution in [0, 0.1) is 12.7 Å². The number of carbonyl (C=O) groups is 1. The number of aromatic nitrogens is 1. The first-order valence-corrected chi connectivity index (χ1v) is 6.31. The number of benzene rings is 1. The molecule has 104 valence electrons. The minimum Gasteiger partial charge on any atom is -0.373 e. The number of halogens is 2. The minimum absolute atomic E-state index is 0.0853. The van der Waals surface area contributed by atoms with Gasteiger partial charge in [-0.1, -0.05) is 17.7 Å². The number of carbonyl (C=O) groups excluding carboxylic acids is 1. The number of hydrogen-bond donors (Lipinski definition) is 2. The third-order valence-electron chi connectivity index (χ3n) is 2.83. The van der Waals surface area contributed by atoms with Crippen LogP contribution < -0.4 is 10.6 Å². The Morgan fingerprint density at radius 2 is 2.05 bits per heavy atom. The van der Waals surface area contributed by atoms with Gasteiger partial charge < -0.3 is 10.6 Å². The van der Waals surface area contributed by atoms with E-state index in [2.05, 4.69) is 15.6 Å². The van der Waals surface area contributed by atoms with E-state index in [0.29, 0.717) is 17.1 Å². The summed E-state index contributed by atoms with van der Waals surface area (Å²) in [4.78, 5) is 16.2. The average Bonchev–Trinajstić information content (AvgIpc) is 2.44. The van der Waals surface area contributed by atoms with Crippen LogP contribution >= 0.6 is 11.6 Å². The fraction of sp³-hybridized carbons (Fsp3) is 0.143. The maximum absolute atomic E-state index is 13.4. The number of rotatable bonds is 3. The molecule has 1 amide bonds. The molecular formula is C14H13ClFN3O. The molecule has 0 bridgehead atoms. The third kappa shape index (κ3) is 2.88. The molecule has 4 nitrogen and oxygen atoms in total. The Bertz CT molecular complexity index is 661. The van der Waals surface area contributed by atoms with E-state index in [0.717, 1.165) is 0 Å². The molecular weight excluding hydrogens is 281 g/mol. The van der Waals surface area contributed by atoms with Gasteiger partial charge in [0.05, 0.1) is 5.02 Å². The smallest absolute Gasteiger partial charge is 0.275 e. The Morgan fingerprint density at radius 1 is 1.30 bits per heavy atom.